The number of anilines is 1. The molecule has 2 N–H and O–H groups in total. The Hall–Kier alpha value is -2.92. The van der Waals surface area contributed by atoms with Crippen LogP contribution in [0.3, 0.4) is 0 Å². The SMILES string of the molecule is Cc1cccc(-c2[nH]ncc2CNCC(=O)N2CCCc3ccccc32)c1. The number of aryl methyl sites for hydroxylation is 2. The van der Waals surface area contributed by atoms with E-state index >= 15 is 0 Å². The standard InChI is InChI=1S/C22H24N4O/c1-16-6-4-8-18(12-16)22-19(14-24-25-22)13-23-15-21(27)26-11-5-9-17-7-2-3-10-20(17)26/h2-4,6-8,10,12,14,23H,5,9,11,13,15H2,1H3,(H,24,25). The topological polar surface area (TPSA) is 61.0 Å². The molecule has 1 amide bonds. The molecule has 0 aliphatic carbocycles. The monoisotopic (exact) mass is 360 g/mol. The highest BCUT2D eigenvalue weighted by Crippen LogP contribution is 2.26. The number of aromatic amines is 1. The number of hydrogen-bond acceptors (Lipinski definition) is 3. The summed E-state index contributed by atoms with van der Waals surface area (Å²) in [4.78, 5) is 14.6. The van der Waals surface area contributed by atoms with Crippen LogP contribution in [0.5, 0.6) is 0 Å². The van der Waals surface area contributed by atoms with Crippen molar-refractivity contribution in [2.24, 2.45) is 0 Å². The summed E-state index contributed by atoms with van der Waals surface area (Å²) in [5.74, 6) is 0.114. The van der Waals surface area contributed by atoms with E-state index in [9.17, 15) is 4.79 Å². The van der Waals surface area contributed by atoms with E-state index in [4.69, 9.17) is 0 Å². The molecule has 0 fully saturated rings. The van der Waals surface area contributed by atoms with Crippen LogP contribution in [0.4, 0.5) is 5.69 Å². The first-order chi connectivity index (χ1) is 13.2. The molecule has 1 aliphatic rings. The second kappa shape index (κ2) is 7.76. The van der Waals surface area contributed by atoms with Crippen molar-refractivity contribution in [3.63, 3.8) is 0 Å². The molecule has 138 valence electrons. The lowest BCUT2D eigenvalue weighted by atomic mass is 10.0. The van der Waals surface area contributed by atoms with Gasteiger partial charge in [0.25, 0.3) is 0 Å². The zero-order valence-electron chi connectivity index (χ0n) is 15.5. The molecule has 2 heterocycles. The zero-order chi connectivity index (χ0) is 18.6. The largest absolute Gasteiger partial charge is 0.311 e. The summed E-state index contributed by atoms with van der Waals surface area (Å²) in [5, 5.41) is 10.6. The molecule has 0 saturated heterocycles. The first-order valence-corrected chi connectivity index (χ1v) is 9.40. The van der Waals surface area contributed by atoms with Crippen LogP contribution in [0.2, 0.25) is 0 Å². The fourth-order valence-electron chi connectivity index (χ4n) is 3.69. The van der Waals surface area contributed by atoms with Gasteiger partial charge in [-0.1, -0.05) is 42.0 Å². The van der Waals surface area contributed by atoms with Gasteiger partial charge in [-0.05, 0) is 37.5 Å². The number of aromatic nitrogens is 2. The predicted octanol–water partition coefficient (Wildman–Crippen LogP) is 3.45. The number of carbonyl (C=O) groups is 1. The van der Waals surface area contributed by atoms with Gasteiger partial charge in [0.05, 0.1) is 18.4 Å². The molecule has 5 heteroatoms. The van der Waals surface area contributed by atoms with Gasteiger partial charge in [-0.3, -0.25) is 9.89 Å². The smallest absolute Gasteiger partial charge is 0.240 e. The van der Waals surface area contributed by atoms with Crippen LogP contribution in [0, 0.1) is 6.92 Å². The Balaban J connectivity index is 1.40. The van der Waals surface area contributed by atoms with Crippen LogP contribution in [0.25, 0.3) is 11.3 Å². The molecule has 0 saturated carbocycles. The Morgan fingerprint density at radius 1 is 1.22 bits per heavy atom. The molecule has 1 aliphatic heterocycles. The van der Waals surface area contributed by atoms with Gasteiger partial charge in [0, 0.05) is 29.9 Å². The van der Waals surface area contributed by atoms with E-state index < -0.39 is 0 Å². The first kappa shape index (κ1) is 17.5. The highest BCUT2D eigenvalue weighted by atomic mass is 16.2. The van der Waals surface area contributed by atoms with Crippen molar-refractivity contribution >= 4 is 11.6 Å². The normalized spacial score (nSPS) is 13.4. The third kappa shape index (κ3) is 3.78. The minimum absolute atomic E-state index is 0.114. The molecular formula is C22H24N4O. The van der Waals surface area contributed by atoms with Gasteiger partial charge in [0.15, 0.2) is 0 Å². The number of benzene rings is 2. The number of para-hydroxylation sites is 1. The molecule has 3 aromatic rings. The number of amides is 1. The van der Waals surface area contributed by atoms with E-state index in [1.165, 1.54) is 11.1 Å². The number of H-pyrrole nitrogens is 1. The van der Waals surface area contributed by atoms with Crippen molar-refractivity contribution in [3.05, 3.63) is 71.4 Å². The number of fused-ring (bicyclic) bond motifs is 1. The lowest BCUT2D eigenvalue weighted by molar-refractivity contribution is -0.117. The van der Waals surface area contributed by atoms with Crippen molar-refractivity contribution in [1.82, 2.24) is 15.5 Å². The molecule has 0 atom stereocenters. The van der Waals surface area contributed by atoms with E-state index in [-0.39, 0.29) is 5.91 Å². The highest BCUT2D eigenvalue weighted by molar-refractivity contribution is 5.95. The average Bonchev–Trinajstić information content (AvgIpc) is 3.16. The average molecular weight is 360 g/mol. The fourth-order valence-corrected chi connectivity index (χ4v) is 3.69. The molecule has 0 spiro atoms. The van der Waals surface area contributed by atoms with Crippen molar-refractivity contribution in [1.29, 1.82) is 0 Å². The summed E-state index contributed by atoms with van der Waals surface area (Å²) >= 11 is 0. The lowest BCUT2D eigenvalue weighted by Crippen LogP contribution is -2.41. The van der Waals surface area contributed by atoms with Gasteiger partial charge < -0.3 is 10.2 Å². The van der Waals surface area contributed by atoms with E-state index in [1.54, 1.807) is 0 Å². The highest BCUT2D eigenvalue weighted by Gasteiger charge is 2.21. The summed E-state index contributed by atoms with van der Waals surface area (Å²) < 4.78 is 0. The van der Waals surface area contributed by atoms with Crippen LogP contribution in [-0.2, 0) is 17.8 Å². The molecule has 2 aromatic carbocycles. The van der Waals surface area contributed by atoms with Crippen molar-refractivity contribution in [2.75, 3.05) is 18.0 Å². The first-order valence-electron chi connectivity index (χ1n) is 9.40. The summed E-state index contributed by atoms with van der Waals surface area (Å²) in [6, 6.07) is 16.5. The zero-order valence-corrected chi connectivity index (χ0v) is 15.5. The number of nitrogens with one attached hydrogen (secondary N) is 2. The fraction of sp³-hybridized carbons (Fsp3) is 0.273. The minimum Gasteiger partial charge on any atom is -0.311 e. The van der Waals surface area contributed by atoms with Gasteiger partial charge in [-0.2, -0.15) is 5.10 Å². The predicted molar refractivity (Wildman–Crippen MR) is 108 cm³/mol. The molecular weight excluding hydrogens is 336 g/mol. The number of carbonyl (C=O) groups excluding carboxylic acids is 1. The molecule has 1 aromatic heterocycles. The number of hydrogen-bond donors (Lipinski definition) is 2. The lowest BCUT2D eigenvalue weighted by Gasteiger charge is -2.29. The maximum absolute atomic E-state index is 12.7. The van der Waals surface area contributed by atoms with Crippen molar-refractivity contribution in [2.45, 2.75) is 26.3 Å². The molecule has 5 nitrogen and oxygen atoms in total. The van der Waals surface area contributed by atoms with E-state index in [0.717, 1.165) is 41.9 Å². The molecule has 0 unspecified atom stereocenters. The Kier molecular flexibility index (Phi) is 5.03. The maximum Gasteiger partial charge on any atom is 0.240 e. The molecule has 0 radical (unpaired) electrons. The van der Waals surface area contributed by atoms with Crippen LogP contribution >= 0.6 is 0 Å². The third-order valence-corrected chi connectivity index (χ3v) is 5.03. The Morgan fingerprint density at radius 2 is 2.11 bits per heavy atom. The molecule has 0 bridgehead atoms. The maximum atomic E-state index is 12.7. The van der Waals surface area contributed by atoms with E-state index in [1.807, 2.05) is 35.4 Å². The minimum atomic E-state index is 0.114. The number of rotatable bonds is 5. The Labute approximate surface area is 159 Å². The molecule has 27 heavy (non-hydrogen) atoms. The summed E-state index contributed by atoms with van der Waals surface area (Å²) in [5.41, 5.74) is 6.70. The molecule has 4 rings (SSSR count). The van der Waals surface area contributed by atoms with Crippen LogP contribution in [-0.4, -0.2) is 29.2 Å². The second-order valence-electron chi connectivity index (χ2n) is 7.02. The van der Waals surface area contributed by atoms with Gasteiger partial charge in [-0.25, -0.2) is 0 Å². The van der Waals surface area contributed by atoms with Crippen LogP contribution < -0.4 is 10.2 Å². The summed E-state index contributed by atoms with van der Waals surface area (Å²) in [6.45, 7) is 3.78. The van der Waals surface area contributed by atoms with Crippen molar-refractivity contribution < 1.29 is 4.79 Å². The Morgan fingerprint density at radius 3 is 3.00 bits per heavy atom. The van der Waals surface area contributed by atoms with Gasteiger partial charge in [-0.15, -0.1) is 0 Å². The quantitative estimate of drug-likeness (QED) is 0.733. The second-order valence-corrected chi connectivity index (χ2v) is 7.02. The van der Waals surface area contributed by atoms with Crippen molar-refractivity contribution in [3.8, 4) is 11.3 Å². The van der Waals surface area contributed by atoms with Crippen LogP contribution in [0.15, 0.2) is 54.7 Å². The third-order valence-electron chi connectivity index (χ3n) is 5.03. The van der Waals surface area contributed by atoms with Gasteiger partial charge in [0.2, 0.25) is 5.91 Å². The summed E-state index contributed by atoms with van der Waals surface area (Å²) in [7, 11) is 0. The van der Waals surface area contributed by atoms with Crippen LogP contribution in [0.1, 0.15) is 23.1 Å². The van der Waals surface area contributed by atoms with Gasteiger partial charge in [0.1, 0.15) is 0 Å². The van der Waals surface area contributed by atoms with Gasteiger partial charge >= 0.3 is 0 Å². The Bertz CT molecular complexity index is 947. The van der Waals surface area contributed by atoms with E-state index in [2.05, 4.69) is 46.7 Å². The summed E-state index contributed by atoms with van der Waals surface area (Å²) in [6.07, 6.45) is 3.88. The number of nitrogens with zero attached hydrogens (tertiary/aromatic N) is 2. The van der Waals surface area contributed by atoms with E-state index in [0.29, 0.717) is 13.1 Å².